The zero-order chi connectivity index (χ0) is 28.0. The first-order valence-electron chi connectivity index (χ1n) is 11.5. The Labute approximate surface area is 232 Å². The minimum absolute atomic E-state index is 0.00879. The van der Waals surface area contributed by atoms with Crippen LogP contribution in [-0.4, -0.2) is 36.4 Å². The van der Waals surface area contributed by atoms with E-state index in [1.165, 1.54) is 61.7 Å². The van der Waals surface area contributed by atoms with Crippen LogP contribution in [0.4, 0.5) is 17.1 Å². The molecule has 4 aromatic rings. The largest absolute Gasteiger partial charge is 0.495 e. The highest BCUT2D eigenvalue weighted by Gasteiger charge is 2.28. The van der Waals surface area contributed by atoms with E-state index in [4.69, 9.17) is 16.3 Å². The van der Waals surface area contributed by atoms with Gasteiger partial charge >= 0.3 is 0 Å². The molecule has 4 aromatic carbocycles. The Morgan fingerprint density at radius 2 is 1.41 bits per heavy atom. The molecular formula is C27H24ClN3O6S2. The molecule has 0 saturated heterocycles. The zero-order valence-corrected chi connectivity index (χ0v) is 23.0. The molecule has 202 valence electrons. The lowest BCUT2D eigenvalue weighted by atomic mass is 10.3. The number of nitrogens with zero attached hydrogens (tertiary/aromatic N) is 1. The lowest BCUT2D eigenvalue weighted by Gasteiger charge is -2.24. The lowest BCUT2D eigenvalue weighted by Crippen LogP contribution is -2.38. The molecule has 0 aliphatic heterocycles. The van der Waals surface area contributed by atoms with Crippen molar-refractivity contribution in [3.8, 4) is 5.75 Å². The summed E-state index contributed by atoms with van der Waals surface area (Å²) < 4.78 is 60.9. The average molecular weight is 586 g/mol. The number of carbonyl (C=O) groups is 1. The van der Waals surface area contributed by atoms with E-state index >= 15 is 0 Å². The third-order valence-electron chi connectivity index (χ3n) is 5.52. The van der Waals surface area contributed by atoms with Crippen molar-refractivity contribution in [2.24, 2.45) is 0 Å². The summed E-state index contributed by atoms with van der Waals surface area (Å²) in [6.45, 7) is -0.574. The van der Waals surface area contributed by atoms with Crippen LogP contribution in [-0.2, 0) is 24.8 Å². The molecule has 39 heavy (non-hydrogen) atoms. The molecule has 0 radical (unpaired) electrons. The second kappa shape index (κ2) is 11.8. The van der Waals surface area contributed by atoms with Crippen molar-refractivity contribution in [3.63, 3.8) is 0 Å². The molecule has 0 aromatic heterocycles. The van der Waals surface area contributed by atoms with Gasteiger partial charge in [-0.15, -0.1) is 0 Å². The van der Waals surface area contributed by atoms with Gasteiger partial charge in [-0.05, 0) is 66.7 Å². The van der Waals surface area contributed by atoms with E-state index < -0.39 is 32.5 Å². The van der Waals surface area contributed by atoms with Crippen LogP contribution in [0.25, 0.3) is 0 Å². The summed E-state index contributed by atoms with van der Waals surface area (Å²) in [5.74, 6) is -0.307. The summed E-state index contributed by atoms with van der Waals surface area (Å²) in [5, 5.41) is 2.78. The van der Waals surface area contributed by atoms with E-state index in [2.05, 4.69) is 10.0 Å². The number of halogens is 1. The molecular weight excluding hydrogens is 562 g/mol. The molecule has 0 heterocycles. The maximum atomic E-state index is 13.5. The molecule has 0 spiro atoms. The Morgan fingerprint density at radius 1 is 0.795 bits per heavy atom. The van der Waals surface area contributed by atoms with E-state index in [1.54, 1.807) is 48.5 Å². The Morgan fingerprint density at radius 3 is 2.00 bits per heavy atom. The van der Waals surface area contributed by atoms with Gasteiger partial charge in [-0.25, -0.2) is 16.8 Å². The van der Waals surface area contributed by atoms with Crippen molar-refractivity contribution in [1.82, 2.24) is 0 Å². The molecule has 0 atom stereocenters. The predicted molar refractivity (Wildman–Crippen MR) is 151 cm³/mol. The number of hydrogen-bond acceptors (Lipinski definition) is 6. The van der Waals surface area contributed by atoms with Gasteiger partial charge in [-0.3, -0.25) is 13.8 Å². The lowest BCUT2D eigenvalue weighted by molar-refractivity contribution is -0.114. The van der Waals surface area contributed by atoms with Crippen molar-refractivity contribution < 1.29 is 26.4 Å². The smallest absolute Gasteiger partial charge is 0.264 e. The van der Waals surface area contributed by atoms with Crippen molar-refractivity contribution in [3.05, 3.63) is 108 Å². The summed E-state index contributed by atoms with van der Waals surface area (Å²) in [7, 11) is -6.56. The van der Waals surface area contributed by atoms with Crippen LogP contribution in [0.2, 0.25) is 5.02 Å². The maximum Gasteiger partial charge on any atom is 0.264 e. The van der Waals surface area contributed by atoms with Gasteiger partial charge in [0.25, 0.3) is 20.0 Å². The van der Waals surface area contributed by atoms with Crippen LogP contribution in [0.3, 0.4) is 0 Å². The van der Waals surface area contributed by atoms with Crippen LogP contribution in [0.1, 0.15) is 0 Å². The molecule has 0 aliphatic rings. The molecule has 1 amide bonds. The van der Waals surface area contributed by atoms with E-state index in [1.807, 2.05) is 0 Å². The summed E-state index contributed by atoms with van der Waals surface area (Å²) in [4.78, 5) is 13.0. The van der Waals surface area contributed by atoms with Crippen LogP contribution >= 0.6 is 11.6 Å². The van der Waals surface area contributed by atoms with E-state index in [0.29, 0.717) is 11.4 Å². The molecule has 9 nitrogen and oxygen atoms in total. The molecule has 12 heteroatoms. The minimum atomic E-state index is -4.15. The predicted octanol–water partition coefficient (Wildman–Crippen LogP) is 4.98. The highest BCUT2D eigenvalue weighted by molar-refractivity contribution is 7.93. The number of para-hydroxylation sites is 1. The number of benzene rings is 4. The number of carbonyl (C=O) groups excluding carboxylic acids is 1. The van der Waals surface area contributed by atoms with Crippen LogP contribution in [0.5, 0.6) is 5.75 Å². The molecule has 0 fully saturated rings. The van der Waals surface area contributed by atoms with Crippen molar-refractivity contribution in [2.45, 2.75) is 9.79 Å². The standard InChI is InChI=1S/C27H24ClN3O6S2/c1-37-26-17-14-22(18-25(26)28)31(39(35,36)24-10-6-3-7-11-24)19-27(32)29-20-12-15-23(16-13-20)38(33,34)30-21-8-4-2-5-9-21/h2-18,30H,19H2,1H3,(H,29,32). The summed E-state index contributed by atoms with van der Waals surface area (Å²) >= 11 is 6.24. The number of methoxy groups -OCH3 is 1. The quantitative estimate of drug-likeness (QED) is 0.271. The zero-order valence-electron chi connectivity index (χ0n) is 20.6. The Bertz CT molecular complexity index is 1670. The first kappa shape index (κ1) is 28.0. The second-order valence-corrected chi connectivity index (χ2v) is 12.1. The number of anilines is 3. The number of ether oxygens (including phenoxy) is 1. The number of nitrogens with one attached hydrogen (secondary N) is 2. The fraction of sp³-hybridized carbons (Fsp3) is 0.0741. The number of rotatable bonds is 10. The van der Waals surface area contributed by atoms with E-state index in [0.717, 1.165) is 4.31 Å². The second-order valence-electron chi connectivity index (χ2n) is 8.19. The van der Waals surface area contributed by atoms with Crippen LogP contribution in [0, 0.1) is 0 Å². The highest BCUT2D eigenvalue weighted by Crippen LogP contribution is 2.32. The summed E-state index contributed by atoms with van der Waals surface area (Å²) in [5.41, 5.74) is 0.852. The number of sulfonamides is 2. The normalized spacial score (nSPS) is 11.4. The van der Waals surface area contributed by atoms with Crippen LogP contribution in [0.15, 0.2) is 113 Å². The molecule has 0 aliphatic carbocycles. The fourth-order valence-electron chi connectivity index (χ4n) is 3.61. The number of amides is 1. The van der Waals surface area contributed by atoms with Gasteiger partial charge in [0, 0.05) is 11.4 Å². The highest BCUT2D eigenvalue weighted by atomic mass is 35.5. The van der Waals surface area contributed by atoms with Gasteiger partial charge in [0.15, 0.2) is 0 Å². The van der Waals surface area contributed by atoms with Gasteiger partial charge in [0.2, 0.25) is 5.91 Å². The summed E-state index contributed by atoms with van der Waals surface area (Å²) in [6.07, 6.45) is 0. The van der Waals surface area contributed by atoms with Gasteiger partial charge < -0.3 is 10.1 Å². The van der Waals surface area contributed by atoms with Crippen molar-refractivity contribution in [2.75, 3.05) is 28.0 Å². The van der Waals surface area contributed by atoms with Gasteiger partial charge in [-0.1, -0.05) is 48.0 Å². The first-order valence-corrected chi connectivity index (χ1v) is 14.8. The van der Waals surface area contributed by atoms with Crippen molar-refractivity contribution >= 4 is 54.6 Å². The van der Waals surface area contributed by atoms with Gasteiger partial charge in [0.1, 0.15) is 12.3 Å². The van der Waals surface area contributed by atoms with Gasteiger partial charge in [0.05, 0.1) is 27.6 Å². The Kier molecular flexibility index (Phi) is 8.44. The number of hydrogen-bond donors (Lipinski definition) is 2. The monoisotopic (exact) mass is 585 g/mol. The fourth-order valence-corrected chi connectivity index (χ4v) is 6.36. The molecule has 0 saturated carbocycles. The van der Waals surface area contributed by atoms with Gasteiger partial charge in [-0.2, -0.15) is 0 Å². The van der Waals surface area contributed by atoms with Crippen LogP contribution < -0.4 is 19.1 Å². The molecule has 4 rings (SSSR count). The molecule has 0 unspecified atom stereocenters. The topological polar surface area (TPSA) is 122 Å². The molecule has 0 bridgehead atoms. The first-order chi connectivity index (χ1) is 18.6. The third-order valence-corrected chi connectivity index (χ3v) is 9.00. The Balaban J connectivity index is 1.55. The maximum absolute atomic E-state index is 13.5. The van der Waals surface area contributed by atoms with E-state index in [9.17, 15) is 21.6 Å². The average Bonchev–Trinajstić information content (AvgIpc) is 2.93. The minimum Gasteiger partial charge on any atom is -0.495 e. The van der Waals surface area contributed by atoms with E-state index in [-0.39, 0.29) is 26.2 Å². The van der Waals surface area contributed by atoms with Crippen molar-refractivity contribution in [1.29, 1.82) is 0 Å². The third kappa shape index (κ3) is 6.69. The SMILES string of the molecule is COc1ccc(N(CC(=O)Nc2ccc(S(=O)(=O)Nc3ccccc3)cc2)S(=O)(=O)c2ccccc2)cc1Cl. The Hall–Kier alpha value is -4.06. The summed E-state index contributed by atoms with van der Waals surface area (Å²) in [6, 6.07) is 26.0. The molecule has 2 N–H and O–H groups in total.